The van der Waals surface area contributed by atoms with Crippen LogP contribution in [0.15, 0.2) is 0 Å². The SMILES string of the molecule is CCCC(CCC)C(=O)O.[BiH3]. The van der Waals surface area contributed by atoms with E-state index in [4.69, 9.17) is 5.11 Å². The van der Waals surface area contributed by atoms with Crippen molar-refractivity contribution in [3.8, 4) is 0 Å². The third-order valence-corrected chi connectivity index (χ3v) is 1.62. The molecule has 0 aromatic heterocycles. The van der Waals surface area contributed by atoms with E-state index in [1.54, 1.807) is 0 Å². The summed E-state index contributed by atoms with van der Waals surface area (Å²) in [5, 5.41) is 8.64. The monoisotopic (exact) mass is 356 g/mol. The molecule has 0 saturated heterocycles. The standard InChI is InChI=1S/C8H16O2.Bi.3H/c1-3-5-7(6-4-2)8(9)10;;;;/h7H,3-6H2,1-2H3,(H,9,10);;;;. The molecule has 0 aromatic rings. The van der Waals surface area contributed by atoms with Gasteiger partial charge in [0.05, 0.1) is 5.92 Å². The minimum absolute atomic E-state index is 0. The average Bonchev–Trinajstić information content (AvgIpc) is 1.87. The van der Waals surface area contributed by atoms with Gasteiger partial charge >= 0.3 is 32.2 Å². The Kier molecular flexibility index (Phi) is 10.7. The summed E-state index contributed by atoms with van der Waals surface area (Å²) < 4.78 is 0. The Labute approximate surface area is 87.5 Å². The fourth-order valence-corrected chi connectivity index (χ4v) is 1.09. The van der Waals surface area contributed by atoms with E-state index in [1.807, 2.05) is 13.8 Å². The minimum atomic E-state index is -0.635. The van der Waals surface area contributed by atoms with Crippen LogP contribution in [0, 0.1) is 5.92 Å². The molecule has 1 N–H and O–H groups in total. The molecule has 0 aliphatic heterocycles. The molecule has 0 rings (SSSR count). The number of carboxylic acids is 1. The Balaban J connectivity index is 0. The first-order valence-corrected chi connectivity index (χ1v) is 3.95. The zero-order chi connectivity index (χ0) is 7.98. The molecule has 0 atom stereocenters. The van der Waals surface area contributed by atoms with Gasteiger partial charge in [0.2, 0.25) is 0 Å². The molecular formula is C8H19BiO2. The molecular weight excluding hydrogens is 337 g/mol. The molecule has 0 radical (unpaired) electrons. The maximum atomic E-state index is 10.5. The summed E-state index contributed by atoms with van der Waals surface area (Å²) in [7, 11) is 0. The molecule has 3 heteroatoms. The van der Waals surface area contributed by atoms with Crippen LogP contribution in [-0.4, -0.2) is 37.3 Å². The van der Waals surface area contributed by atoms with E-state index < -0.39 is 5.97 Å². The van der Waals surface area contributed by atoms with E-state index in [1.165, 1.54) is 0 Å². The summed E-state index contributed by atoms with van der Waals surface area (Å²) >= 11 is 0. The number of carbonyl (C=O) groups is 1. The van der Waals surface area contributed by atoms with E-state index in [9.17, 15) is 4.79 Å². The van der Waals surface area contributed by atoms with Crippen molar-refractivity contribution in [1.82, 2.24) is 0 Å². The van der Waals surface area contributed by atoms with Crippen molar-refractivity contribution in [2.75, 3.05) is 0 Å². The number of hydrogen-bond donors (Lipinski definition) is 1. The van der Waals surface area contributed by atoms with Gasteiger partial charge in [-0.05, 0) is 12.8 Å². The first kappa shape index (κ1) is 13.9. The van der Waals surface area contributed by atoms with Crippen LogP contribution in [0.1, 0.15) is 39.5 Å². The van der Waals surface area contributed by atoms with E-state index >= 15 is 0 Å². The molecule has 0 amide bonds. The van der Waals surface area contributed by atoms with Gasteiger partial charge in [-0.15, -0.1) is 0 Å². The van der Waals surface area contributed by atoms with Crippen LogP contribution in [0.4, 0.5) is 0 Å². The van der Waals surface area contributed by atoms with Crippen molar-refractivity contribution in [3.05, 3.63) is 0 Å². The van der Waals surface area contributed by atoms with E-state index in [0.29, 0.717) is 0 Å². The second kappa shape index (κ2) is 8.45. The summed E-state index contributed by atoms with van der Waals surface area (Å²) in [5.74, 6) is -0.737. The van der Waals surface area contributed by atoms with Crippen LogP contribution >= 0.6 is 0 Å². The number of hydrogen-bond acceptors (Lipinski definition) is 1. The van der Waals surface area contributed by atoms with Crippen LogP contribution in [0.5, 0.6) is 0 Å². The molecule has 0 spiro atoms. The van der Waals surface area contributed by atoms with E-state index in [0.717, 1.165) is 25.7 Å². The third kappa shape index (κ3) is 6.74. The molecule has 0 aliphatic rings. The summed E-state index contributed by atoms with van der Waals surface area (Å²) in [6, 6.07) is 0. The Bertz CT molecular complexity index is 98.3. The van der Waals surface area contributed by atoms with Crippen molar-refractivity contribution >= 4 is 32.2 Å². The summed E-state index contributed by atoms with van der Waals surface area (Å²) in [6.07, 6.45) is 3.58. The van der Waals surface area contributed by atoms with Gasteiger partial charge in [-0.2, -0.15) is 0 Å². The van der Waals surface area contributed by atoms with Crippen LogP contribution in [0.2, 0.25) is 0 Å². The quantitative estimate of drug-likeness (QED) is 0.750. The van der Waals surface area contributed by atoms with Gasteiger partial charge < -0.3 is 5.11 Å². The van der Waals surface area contributed by atoms with E-state index in [2.05, 4.69) is 0 Å². The second-order valence-electron chi connectivity index (χ2n) is 2.61. The Hall–Kier alpha value is 0.353. The first-order chi connectivity index (χ1) is 4.72. The fraction of sp³-hybridized carbons (Fsp3) is 0.875. The summed E-state index contributed by atoms with van der Waals surface area (Å²) in [5.41, 5.74) is 0. The van der Waals surface area contributed by atoms with Gasteiger partial charge in [-0.25, -0.2) is 0 Å². The molecule has 0 aliphatic carbocycles. The van der Waals surface area contributed by atoms with Crippen LogP contribution in [0.25, 0.3) is 0 Å². The topological polar surface area (TPSA) is 37.3 Å². The fourth-order valence-electron chi connectivity index (χ4n) is 1.09. The zero-order valence-electron chi connectivity index (χ0n) is 7.47. The average molecular weight is 356 g/mol. The predicted octanol–water partition coefficient (Wildman–Crippen LogP) is 1.10. The van der Waals surface area contributed by atoms with Crippen molar-refractivity contribution in [1.29, 1.82) is 0 Å². The normalized spacial score (nSPS) is 9.36. The van der Waals surface area contributed by atoms with Gasteiger partial charge in [0.25, 0.3) is 0 Å². The molecule has 0 fully saturated rings. The van der Waals surface area contributed by atoms with Crippen molar-refractivity contribution < 1.29 is 9.90 Å². The van der Waals surface area contributed by atoms with Crippen LogP contribution < -0.4 is 0 Å². The number of rotatable bonds is 5. The molecule has 11 heavy (non-hydrogen) atoms. The molecule has 0 bridgehead atoms. The molecule has 0 heterocycles. The maximum absolute atomic E-state index is 10.5. The predicted molar refractivity (Wildman–Crippen MR) is 50.9 cm³/mol. The Morgan fingerprint density at radius 3 is 1.82 bits per heavy atom. The van der Waals surface area contributed by atoms with E-state index in [-0.39, 0.29) is 32.1 Å². The molecule has 68 valence electrons. The summed E-state index contributed by atoms with van der Waals surface area (Å²) in [6.45, 7) is 4.04. The van der Waals surface area contributed by atoms with Gasteiger partial charge in [0.15, 0.2) is 0 Å². The zero-order valence-corrected chi connectivity index (χ0v) is 13.0. The second-order valence-corrected chi connectivity index (χ2v) is 2.61. The van der Waals surface area contributed by atoms with Crippen LogP contribution in [0.3, 0.4) is 0 Å². The van der Waals surface area contributed by atoms with Gasteiger partial charge in [-0.1, -0.05) is 26.7 Å². The number of aliphatic carboxylic acids is 1. The molecule has 0 unspecified atom stereocenters. The molecule has 0 saturated carbocycles. The van der Waals surface area contributed by atoms with Gasteiger partial charge in [0, 0.05) is 0 Å². The third-order valence-electron chi connectivity index (χ3n) is 1.62. The van der Waals surface area contributed by atoms with Gasteiger partial charge in [-0.3, -0.25) is 4.79 Å². The Morgan fingerprint density at radius 1 is 1.27 bits per heavy atom. The van der Waals surface area contributed by atoms with Crippen molar-refractivity contribution in [3.63, 3.8) is 0 Å². The van der Waals surface area contributed by atoms with Crippen molar-refractivity contribution in [2.45, 2.75) is 39.5 Å². The van der Waals surface area contributed by atoms with Gasteiger partial charge in [0.1, 0.15) is 0 Å². The molecule has 2 nitrogen and oxygen atoms in total. The number of carboxylic acid groups (broad SMARTS) is 1. The molecule has 0 aromatic carbocycles. The van der Waals surface area contributed by atoms with Crippen LogP contribution in [-0.2, 0) is 4.79 Å². The summed E-state index contributed by atoms with van der Waals surface area (Å²) in [4.78, 5) is 10.5. The Morgan fingerprint density at radius 2 is 1.64 bits per heavy atom. The van der Waals surface area contributed by atoms with Crippen molar-refractivity contribution in [2.24, 2.45) is 5.92 Å². The first-order valence-electron chi connectivity index (χ1n) is 3.95.